The first kappa shape index (κ1) is 20.1. The van der Waals surface area contributed by atoms with E-state index in [1.807, 2.05) is 60.7 Å². The highest BCUT2D eigenvalue weighted by atomic mass is 79.9. The molecule has 1 saturated heterocycles. The van der Waals surface area contributed by atoms with Crippen molar-refractivity contribution in [3.63, 3.8) is 0 Å². The van der Waals surface area contributed by atoms with Crippen LogP contribution in [0.4, 0.5) is 4.39 Å². The molecule has 4 rings (SSSR count). The smallest absolute Gasteiger partial charge is 0.132 e. The van der Waals surface area contributed by atoms with E-state index in [2.05, 4.69) is 20.8 Å². The maximum Gasteiger partial charge on any atom is 0.132 e. The molecule has 3 aromatic rings. The van der Waals surface area contributed by atoms with Crippen molar-refractivity contribution in [2.75, 3.05) is 6.54 Å². The summed E-state index contributed by atoms with van der Waals surface area (Å²) in [7, 11) is 0. The summed E-state index contributed by atoms with van der Waals surface area (Å²) in [5, 5.41) is 22.4. The van der Waals surface area contributed by atoms with Gasteiger partial charge in [-0.15, -0.1) is 0 Å². The maximum atomic E-state index is 14.6. The SMILES string of the molecule is Oc1cc(Br)cc(F)c1CN1CCC[C@@H]1C(O)(c1ccccc1)c1ccccc1. The Morgan fingerprint density at radius 3 is 2.14 bits per heavy atom. The lowest BCUT2D eigenvalue weighted by Gasteiger charge is -2.40. The molecular weight excluding hydrogens is 433 g/mol. The molecule has 3 aromatic carbocycles. The first-order valence-electron chi connectivity index (χ1n) is 9.74. The van der Waals surface area contributed by atoms with E-state index in [1.165, 1.54) is 12.1 Å². The Hall–Kier alpha value is -2.21. The zero-order valence-corrected chi connectivity index (χ0v) is 17.5. The molecule has 0 amide bonds. The van der Waals surface area contributed by atoms with E-state index in [1.54, 1.807) is 0 Å². The molecule has 0 aromatic heterocycles. The van der Waals surface area contributed by atoms with E-state index in [0.29, 0.717) is 4.47 Å². The van der Waals surface area contributed by atoms with Gasteiger partial charge in [0.2, 0.25) is 0 Å². The lowest BCUT2D eigenvalue weighted by molar-refractivity contribution is -0.00703. The minimum atomic E-state index is -1.24. The molecule has 0 aliphatic carbocycles. The highest BCUT2D eigenvalue weighted by Crippen LogP contribution is 2.41. The number of rotatable bonds is 5. The summed E-state index contributed by atoms with van der Waals surface area (Å²) in [6.07, 6.45) is 1.67. The molecule has 3 nitrogen and oxygen atoms in total. The zero-order chi connectivity index (χ0) is 20.4. The molecular formula is C24H23BrFNO2. The van der Waals surface area contributed by atoms with Gasteiger partial charge < -0.3 is 10.2 Å². The van der Waals surface area contributed by atoms with Crippen molar-refractivity contribution < 1.29 is 14.6 Å². The van der Waals surface area contributed by atoms with Gasteiger partial charge in [0.05, 0.1) is 0 Å². The zero-order valence-electron chi connectivity index (χ0n) is 15.9. The molecule has 150 valence electrons. The van der Waals surface area contributed by atoms with Crippen molar-refractivity contribution >= 4 is 15.9 Å². The standard InChI is InChI=1S/C24H23BrFNO2/c25-19-14-21(26)20(22(28)15-19)16-27-13-7-12-23(27)24(29,17-8-3-1-4-9-17)18-10-5-2-6-11-18/h1-6,8-11,14-15,23,28-29H,7,12-13,16H2/t23-/m1/s1. The van der Waals surface area contributed by atoms with Gasteiger partial charge in [-0.3, -0.25) is 4.90 Å². The van der Waals surface area contributed by atoms with Crippen LogP contribution in [0.2, 0.25) is 0 Å². The van der Waals surface area contributed by atoms with Crippen molar-refractivity contribution in [1.29, 1.82) is 0 Å². The van der Waals surface area contributed by atoms with Gasteiger partial charge >= 0.3 is 0 Å². The second kappa shape index (κ2) is 8.27. The van der Waals surface area contributed by atoms with Crippen molar-refractivity contribution in [2.45, 2.75) is 31.0 Å². The Balaban J connectivity index is 1.75. The summed E-state index contributed by atoms with van der Waals surface area (Å²) >= 11 is 3.21. The Morgan fingerprint density at radius 2 is 1.59 bits per heavy atom. The molecule has 0 unspecified atom stereocenters. The Labute approximate surface area is 178 Å². The van der Waals surface area contributed by atoms with Crippen LogP contribution >= 0.6 is 15.9 Å². The van der Waals surface area contributed by atoms with Gasteiger partial charge in [-0.1, -0.05) is 76.6 Å². The first-order valence-corrected chi connectivity index (χ1v) is 10.5. The average molecular weight is 456 g/mol. The van der Waals surface area contributed by atoms with E-state index in [0.717, 1.165) is 30.5 Å². The van der Waals surface area contributed by atoms with E-state index in [-0.39, 0.29) is 23.9 Å². The highest BCUT2D eigenvalue weighted by molar-refractivity contribution is 9.10. The molecule has 0 saturated carbocycles. The molecule has 2 N–H and O–H groups in total. The van der Waals surface area contributed by atoms with Crippen molar-refractivity contribution in [1.82, 2.24) is 4.90 Å². The van der Waals surface area contributed by atoms with Crippen LogP contribution in [0.5, 0.6) is 5.75 Å². The highest BCUT2D eigenvalue weighted by Gasteiger charge is 2.45. The van der Waals surface area contributed by atoms with Gasteiger partial charge in [0.25, 0.3) is 0 Å². The molecule has 0 bridgehead atoms. The Kier molecular flexibility index (Phi) is 5.72. The van der Waals surface area contributed by atoms with Crippen molar-refractivity contribution in [3.8, 4) is 5.75 Å². The molecule has 29 heavy (non-hydrogen) atoms. The number of nitrogens with zero attached hydrogens (tertiary/aromatic N) is 1. The molecule has 1 atom stereocenters. The van der Waals surface area contributed by atoms with Crippen LogP contribution in [0.3, 0.4) is 0 Å². The molecule has 5 heteroatoms. The predicted octanol–water partition coefficient (Wildman–Crippen LogP) is 5.19. The van der Waals surface area contributed by atoms with Crippen LogP contribution in [0.15, 0.2) is 77.3 Å². The predicted molar refractivity (Wildman–Crippen MR) is 115 cm³/mol. The first-order chi connectivity index (χ1) is 14.0. The largest absolute Gasteiger partial charge is 0.507 e. The van der Waals surface area contributed by atoms with Crippen LogP contribution in [0.25, 0.3) is 0 Å². The third-order valence-corrected chi connectivity index (χ3v) is 6.23. The van der Waals surface area contributed by atoms with Crippen LogP contribution < -0.4 is 0 Å². The fourth-order valence-electron chi connectivity index (χ4n) is 4.37. The maximum absolute atomic E-state index is 14.6. The van der Waals surface area contributed by atoms with Crippen molar-refractivity contribution in [3.05, 3.63) is 99.8 Å². The van der Waals surface area contributed by atoms with Gasteiger partial charge in [0.15, 0.2) is 0 Å². The second-order valence-electron chi connectivity index (χ2n) is 7.51. The van der Waals surface area contributed by atoms with E-state index in [9.17, 15) is 14.6 Å². The van der Waals surface area contributed by atoms with Crippen LogP contribution in [-0.2, 0) is 12.1 Å². The number of aromatic hydroxyl groups is 1. The lowest BCUT2D eigenvalue weighted by atomic mass is 9.79. The summed E-state index contributed by atoms with van der Waals surface area (Å²) in [4.78, 5) is 2.08. The second-order valence-corrected chi connectivity index (χ2v) is 8.43. The molecule has 1 aliphatic heterocycles. The number of hydrogen-bond acceptors (Lipinski definition) is 3. The average Bonchev–Trinajstić information content (AvgIpc) is 3.20. The number of phenols is 1. The number of aliphatic hydroxyl groups is 1. The molecule has 1 heterocycles. The van der Waals surface area contributed by atoms with Crippen LogP contribution in [0.1, 0.15) is 29.5 Å². The third kappa shape index (κ3) is 3.82. The van der Waals surface area contributed by atoms with Crippen LogP contribution in [-0.4, -0.2) is 27.7 Å². The molecule has 1 fully saturated rings. The van der Waals surface area contributed by atoms with Gasteiger partial charge in [-0.05, 0) is 42.6 Å². The fourth-order valence-corrected chi connectivity index (χ4v) is 4.79. The molecule has 0 radical (unpaired) electrons. The summed E-state index contributed by atoms with van der Waals surface area (Å²) in [6, 6.07) is 21.9. The van der Waals surface area contributed by atoms with E-state index >= 15 is 0 Å². The topological polar surface area (TPSA) is 43.7 Å². The number of likely N-dealkylation sites (tertiary alicyclic amines) is 1. The Bertz CT molecular complexity index is 918. The fraction of sp³-hybridized carbons (Fsp3) is 0.250. The van der Waals surface area contributed by atoms with E-state index in [4.69, 9.17) is 0 Å². The Morgan fingerprint density at radius 1 is 1.00 bits per heavy atom. The third-order valence-electron chi connectivity index (χ3n) is 5.77. The van der Waals surface area contributed by atoms with E-state index < -0.39 is 11.4 Å². The summed E-state index contributed by atoms with van der Waals surface area (Å²) < 4.78 is 15.1. The number of hydrogen-bond donors (Lipinski definition) is 2. The summed E-state index contributed by atoms with van der Waals surface area (Å²) in [6.45, 7) is 0.958. The van der Waals surface area contributed by atoms with Gasteiger partial charge in [0.1, 0.15) is 17.2 Å². The van der Waals surface area contributed by atoms with Crippen LogP contribution in [0, 0.1) is 5.82 Å². The van der Waals surface area contributed by atoms with Gasteiger partial charge in [0, 0.05) is 22.6 Å². The quantitative estimate of drug-likeness (QED) is 0.555. The number of halogens is 2. The van der Waals surface area contributed by atoms with Gasteiger partial charge in [-0.25, -0.2) is 4.39 Å². The lowest BCUT2D eigenvalue weighted by Crippen LogP contribution is -2.48. The normalized spacial score (nSPS) is 17.6. The van der Waals surface area contributed by atoms with Crippen molar-refractivity contribution in [2.24, 2.45) is 0 Å². The monoisotopic (exact) mass is 455 g/mol. The minimum Gasteiger partial charge on any atom is -0.507 e. The minimum absolute atomic E-state index is 0.0783. The summed E-state index contributed by atoms with van der Waals surface area (Å²) in [5.41, 5.74) is 0.635. The summed E-state index contributed by atoms with van der Waals surface area (Å²) in [5.74, 6) is -0.532. The molecule has 1 aliphatic rings. The number of benzene rings is 3. The number of phenolic OH excluding ortho intramolecular Hbond substituents is 1. The molecule has 0 spiro atoms. The van der Waals surface area contributed by atoms with Gasteiger partial charge in [-0.2, -0.15) is 0 Å².